The lowest BCUT2D eigenvalue weighted by Gasteiger charge is -2.15. The molecule has 4 heteroatoms. The average molecular weight is 258 g/mol. The second-order valence-electron chi connectivity index (χ2n) is 4.65. The van der Waals surface area contributed by atoms with Crippen molar-refractivity contribution >= 4 is 11.9 Å². The van der Waals surface area contributed by atoms with E-state index in [2.05, 4.69) is 13.8 Å². The highest BCUT2D eigenvalue weighted by Gasteiger charge is 2.19. The van der Waals surface area contributed by atoms with Gasteiger partial charge in [-0.05, 0) is 25.7 Å². The molecule has 0 radical (unpaired) electrons. The summed E-state index contributed by atoms with van der Waals surface area (Å²) in [6.45, 7) is 4.61. The van der Waals surface area contributed by atoms with Crippen molar-refractivity contribution in [2.45, 2.75) is 65.2 Å². The van der Waals surface area contributed by atoms with E-state index in [9.17, 15) is 9.59 Å². The molecule has 0 aromatic rings. The van der Waals surface area contributed by atoms with E-state index in [1.54, 1.807) is 0 Å². The Morgan fingerprint density at radius 2 is 1.67 bits per heavy atom. The zero-order chi connectivity index (χ0) is 13.8. The summed E-state index contributed by atoms with van der Waals surface area (Å²) in [5.41, 5.74) is 0. The van der Waals surface area contributed by atoms with E-state index in [-0.39, 0.29) is 18.3 Å². The van der Waals surface area contributed by atoms with E-state index >= 15 is 0 Å². The molecule has 0 spiro atoms. The summed E-state index contributed by atoms with van der Waals surface area (Å²) in [5.74, 6) is -1.08. The van der Waals surface area contributed by atoms with E-state index in [1.807, 2.05) is 0 Å². The number of ether oxygens (including phenoxy) is 1. The number of hydrogen-bond acceptors (Lipinski definition) is 3. The Balaban J connectivity index is 4.02. The summed E-state index contributed by atoms with van der Waals surface area (Å²) < 4.78 is 5.21. The summed E-state index contributed by atoms with van der Waals surface area (Å²) in [6, 6.07) is 0. The monoisotopic (exact) mass is 258 g/mol. The predicted octanol–water partition coefficient (Wildman–Crippen LogP) is 3.39. The predicted molar refractivity (Wildman–Crippen MR) is 70.4 cm³/mol. The molecule has 106 valence electrons. The molecular formula is C14H26O4. The summed E-state index contributed by atoms with van der Waals surface area (Å²) in [5, 5.41) is 8.60. The fraction of sp³-hybridized carbons (Fsp3) is 0.857. The van der Waals surface area contributed by atoms with Crippen molar-refractivity contribution in [1.82, 2.24) is 0 Å². The Hall–Kier alpha value is -1.06. The highest BCUT2D eigenvalue weighted by atomic mass is 16.5. The first kappa shape index (κ1) is 16.9. The highest BCUT2D eigenvalue weighted by molar-refractivity contribution is 5.72. The summed E-state index contributed by atoms with van der Waals surface area (Å²) >= 11 is 0. The normalized spacial score (nSPS) is 12.1. The maximum absolute atomic E-state index is 11.8. The Bertz CT molecular complexity index is 238. The van der Waals surface area contributed by atoms with Crippen molar-refractivity contribution in [3.05, 3.63) is 0 Å². The molecule has 0 aromatic heterocycles. The first-order valence-corrected chi connectivity index (χ1v) is 7.00. The van der Waals surface area contributed by atoms with Gasteiger partial charge in [0.2, 0.25) is 0 Å². The highest BCUT2D eigenvalue weighted by Crippen LogP contribution is 2.18. The van der Waals surface area contributed by atoms with E-state index < -0.39 is 5.97 Å². The van der Waals surface area contributed by atoms with Crippen LogP contribution in [0.3, 0.4) is 0 Å². The molecule has 0 amide bonds. The van der Waals surface area contributed by atoms with Crippen LogP contribution in [0, 0.1) is 5.92 Å². The van der Waals surface area contributed by atoms with Gasteiger partial charge in [-0.25, -0.2) is 0 Å². The molecule has 0 aliphatic carbocycles. The summed E-state index contributed by atoms with van der Waals surface area (Å²) in [7, 11) is 0. The van der Waals surface area contributed by atoms with Gasteiger partial charge in [0.1, 0.15) is 0 Å². The van der Waals surface area contributed by atoms with E-state index in [4.69, 9.17) is 9.84 Å². The third-order valence-corrected chi connectivity index (χ3v) is 2.92. The van der Waals surface area contributed by atoms with Crippen molar-refractivity contribution in [2.75, 3.05) is 6.61 Å². The van der Waals surface area contributed by atoms with Gasteiger partial charge in [-0.3, -0.25) is 9.59 Å². The number of carbonyl (C=O) groups is 2. The van der Waals surface area contributed by atoms with Crippen LogP contribution in [0.5, 0.6) is 0 Å². The smallest absolute Gasteiger partial charge is 0.308 e. The zero-order valence-corrected chi connectivity index (χ0v) is 11.6. The quantitative estimate of drug-likeness (QED) is 0.456. The maximum atomic E-state index is 11.8. The van der Waals surface area contributed by atoms with E-state index in [0.717, 1.165) is 32.1 Å². The largest absolute Gasteiger partial charge is 0.481 e. The Morgan fingerprint density at radius 1 is 1.06 bits per heavy atom. The number of carboxylic acid groups (broad SMARTS) is 1. The molecule has 1 unspecified atom stereocenters. The van der Waals surface area contributed by atoms with Gasteiger partial charge in [-0.2, -0.15) is 0 Å². The molecular weight excluding hydrogens is 232 g/mol. The molecule has 0 fully saturated rings. The minimum absolute atomic E-state index is 0.124. The van der Waals surface area contributed by atoms with Gasteiger partial charge in [-0.15, -0.1) is 0 Å². The molecule has 0 aliphatic rings. The van der Waals surface area contributed by atoms with Gasteiger partial charge in [0.05, 0.1) is 12.5 Å². The van der Waals surface area contributed by atoms with Crippen LogP contribution in [-0.2, 0) is 14.3 Å². The molecule has 0 rings (SSSR count). The number of carbonyl (C=O) groups excluding carboxylic acids is 1. The number of aliphatic carboxylic acids is 1. The lowest BCUT2D eigenvalue weighted by Crippen LogP contribution is -2.19. The fourth-order valence-electron chi connectivity index (χ4n) is 1.77. The fourth-order valence-corrected chi connectivity index (χ4v) is 1.77. The molecule has 1 atom stereocenters. The van der Waals surface area contributed by atoms with E-state index in [1.165, 1.54) is 0 Å². The molecule has 0 bridgehead atoms. The Morgan fingerprint density at radius 3 is 2.22 bits per heavy atom. The summed E-state index contributed by atoms with van der Waals surface area (Å²) in [4.78, 5) is 22.3. The van der Waals surface area contributed by atoms with Gasteiger partial charge in [0.25, 0.3) is 0 Å². The molecule has 0 saturated heterocycles. The van der Waals surface area contributed by atoms with Gasteiger partial charge in [-0.1, -0.05) is 33.1 Å². The molecule has 0 aliphatic heterocycles. The average Bonchev–Trinajstić information content (AvgIpc) is 2.33. The van der Waals surface area contributed by atoms with Crippen LogP contribution in [0.15, 0.2) is 0 Å². The number of esters is 1. The number of carboxylic acids is 1. The third kappa shape index (κ3) is 9.02. The van der Waals surface area contributed by atoms with Gasteiger partial charge >= 0.3 is 11.9 Å². The van der Waals surface area contributed by atoms with Crippen molar-refractivity contribution < 1.29 is 19.4 Å². The Labute approximate surface area is 110 Å². The van der Waals surface area contributed by atoms with Crippen LogP contribution in [0.1, 0.15) is 65.2 Å². The summed E-state index contributed by atoms with van der Waals surface area (Å²) in [6.07, 6.45) is 6.03. The van der Waals surface area contributed by atoms with Gasteiger partial charge in [0.15, 0.2) is 0 Å². The van der Waals surface area contributed by atoms with Crippen LogP contribution in [0.25, 0.3) is 0 Å². The molecule has 4 nitrogen and oxygen atoms in total. The zero-order valence-electron chi connectivity index (χ0n) is 11.6. The first-order chi connectivity index (χ1) is 8.61. The standard InChI is InChI=1S/C14H26O4/c1-3-5-8-12(9-7-10-13(15)16)14(17)18-11-6-4-2/h12H,3-11H2,1-2H3,(H,15,16). The van der Waals surface area contributed by atoms with Gasteiger partial charge in [0, 0.05) is 6.42 Å². The number of rotatable bonds is 11. The van der Waals surface area contributed by atoms with E-state index in [0.29, 0.717) is 19.4 Å². The van der Waals surface area contributed by atoms with Crippen molar-refractivity contribution in [3.63, 3.8) is 0 Å². The molecule has 0 saturated carbocycles. The first-order valence-electron chi connectivity index (χ1n) is 7.00. The maximum Gasteiger partial charge on any atom is 0.308 e. The van der Waals surface area contributed by atoms with Crippen molar-refractivity contribution in [2.24, 2.45) is 5.92 Å². The van der Waals surface area contributed by atoms with Crippen molar-refractivity contribution in [1.29, 1.82) is 0 Å². The lowest BCUT2D eigenvalue weighted by molar-refractivity contribution is -0.149. The molecule has 0 heterocycles. The second-order valence-corrected chi connectivity index (χ2v) is 4.65. The van der Waals surface area contributed by atoms with Crippen LogP contribution in [0.4, 0.5) is 0 Å². The van der Waals surface area contributed by atoms with Crippen LogP contribution in [-0.4, -0.2) is 23.7 Å². The lowest BCUT2D eigenvalue weighted by atomic mass is 9.96. The molecule has 18 heavy (non-hydrogen) atoms. The van der Waals surface area contributed by atoms with Crippen molar-refractivity contribution in [3.8, 4) is 0 Å². The topological polar surface area (TPSA) is 63.6 Å². The Kier molecular flexibility index (Phi) is 10.4. The third-order valence-electron chi connectivity index (χ3n) is 2.92. The molecule has 0 aromatic carbocycles. The van der Waals surface area contributed by atoms with Crippen LogP contribution < -0.4 is 0 Å². The SMILES string of the molecule is CCCCOC(=O)C(CCCC)CCCC(=O)O. The minimum Gasteiger partial charge on any atom is -0.481 e. The second kappa shape index (κ2) is 11.1. The van der Waals surface area contributed by atoms with Crippen LogP contribution >= 0.6 is 0 Å². The number of hydrogen-bond donors (Lipinski definition) is 1. The molecule has 1 N–H and O–H groups in total. The number of unbranched alkanes of at least 4 members (excludes halogenated alkanes) is 2. The van der Waals surface area contributed by atoms with Gasteiger partial charge < -0.3 is 9.84 Å². The minimum atomic E-state index is -0.802. The van der Waals surface area contributed by atoms with Crippen LogP contribution in [0.2, 0.25) is 0 Å².